The second-order valence-corrected chi connectivity index (χ2v) is 2.57. The standard InChI is InChI=1S/C7H16N2O2/c1-5(4-11-3)6(8)7(10)9-2/h5-6H,4,8H2,1-3H3,(H,9,10). The molecule has 0 saturated heterocycles. The Labute approximate surface area is 67.1 Å². The van der Waals surface area contributed by atoms with Crippen molar-refractivity contribution in [2.75, 3.05) is 20.8 Å². The number of hydrogen-bond donors (Lipinski definition) is 2. The highest BCUT2D eigenvalue weighted by atomic mass is 16.5. The summed E-state index contributed by atoms with van der Waals surface area (Å²) in [6.45, 7) is 2.39. The maximum absolute atomic E-state index is 10.9. The molecule has 0 rings (SSSR count). The summed E-state index contributed by atoms with van der Waals surface area (Å²) < 4.78 is 4.86. The van der Waals surface area contributed by atoms with Gasteiger partial charge >= 0.3 is 0 Å². The summed E-state index contributed by atoms with van der Waals surface area (Å²) in [6, 6.07) is -0.472. The van der Waals surface area contributed by atoms with Crippen LogP contribution in [-0.4, -0.2) is 32.7 Å². The molecular formula is C7H16N2O2. The van der Waals surface area contributed by atoms with Crippen LogP contribution in [0.25, 0.3) is 0 Å². The van der Waals surface area contributed by atoms with E-state index in [4.69, 9.17) is 10.5 Å². The highest BCUT2D eigenvalue weighted by Crippen LogP contribution is 1.99. The van der Waals surface area contributed by atoms with Gasteiger partial charge in [-0.15, -0.1) is 0 Å². The fourth-order valence-corrected chi connectivity index (χ4v) is 0.792. The van der Waals surface area contributed by atoms with Crippen LogP contribution in [0.2, 0.25) is 0 Å². The van der Waals surface area contributed by atoms with E-state index < -0.39 is 6.04 Å². The minimum absolute atomic E-state index is 0.0555. The zero-order chi connectivity index (χ0) is 8.85. The SMILES string of the molecule is CNC(=O)C(N)C(C)COC. The molecule has 0 fully saturated rings. The van der Waals surface area contributed by atoms with Crippen molar-refractivity contribution in [3.8, 4) is 0 Å². The maximum atomic E-state index is 10.9. The number of rotatable bonds is 4. The molecular weight excluding hydrogens is 144 g/mol. The smallest absolute Gasteiger partial charge is 0.237 e. The first kappa shape index (κ1) is 10.4. The van der Waals surface area contributed by atoms with Crippen molar-refractivity contribution in [2.24, 2.45) is 11.7 Å². The number of nitrogens with two attached hydrogens (primary N) is 1. The van der Waals surface area contributed by atoms with Gasteiger partial charge in [-0.1, -0.05) is 6.92 Å². The predicted molar refractivity (Wildman–Crippen MR) is 43.1 cm³/mol. The molecule has 11 heavy (non-hydrogen) atoms. The lowest BCUT2D eigenvalue weighted by Crippen LogP contribution is -2.44. The summed E-state index contributed by atoms with van der Waals surface area (Å²) in [5.41, 5.74) is 5.57. The molecule has 0 spiro atoms. The van der Waals surface area contributed by atoms with Crippen molar-refractivity contribution in [1.29, 1.82) is 0 Å². The van der Waals surface area contributed by atoms with E-state index in [-0.39, 0.29) is 11.8 Å². The minimum Gasteiger partial charge on any atom is -0.384 e. The lowest BCUT2D eigenvalue weighted by molar-refractivity contribution is -0.123. The second kappa shape index (κ2) is 5.09. The van der Waals surface area contributed by atoms with Crippen molar-refractivity contribution in [3.05, 3.63) is 0 Å². The Morgan fingerprint density at radius 1 is 1.73 bits per heavy atom. The summed E-state index contributed by atoms with van der Waals surface area (Å²) in [4.78, 5) is 10.9. The molecule has 4 heteroatoms. The number of carbonyl (C=O) groups excluding carboxylic acids is 1. The van der Waals surface area contributed by atoms with Crippen molar-refractivity contribution < 1.29 is 9.53 Å². The quantitative estimate of drug-likeness (QED) is 0.574. The summed E-state index contributed by atoms with van der Waals surface area (Å²) in [6.07, 6.45) is 0. The van der Waals surface area contributed by atoms with E-state index in [9.17, 15) is 4.79 Å². The molecule has 0 heterocycles. The van der Waals surface area contributed by atoms with Gasteiger partial charge in [-0.05, 0) is 0 Å². The van der Waals surface area contributed by atoms with E-state index in [0.717, 1.165) is 0 Å². The monoisotopic (exact) mass is 160 g/mol. The topological polar surface area (TPSA) is 64.4 Å². The van der Waals surface area contributed by atoms with Crippen LogP contribution in [0.4, 0.5) is 0 Å². The summed E-state index contributed by atoms with van der Waals surface area (Å²) in [5, 5.41) is 2.48. The van der Waals surface area contributed by atoms with E-state index in [1.165, 1.54) is 0 Å². The van der Waals surface area contributed by atoms with Crippen LogP contribution in [0.1, 0.15) is 6.92 Å². The Bertz CT molecular complexity index is 128. The molecule has 0 aromatic rings. The Kier molecular flexibility index (Phi) is 4.81. The minimum atomic E-state index is -0.472. The van der Waals surface area contributed by atoms with Crippen LogP contribution in [0.15, 0.2) is 0 Å². The third-order valence-corrected chi connectivity index (χ3v) is 1.59. The molecule has 2 unspecified atom stereocenters. The largest absolute Gasteiger partial charge is 0.384 e. The molecule has 0 aliphatic heterocycles. The van der Waals surface area contributed by atoms with Crippen molar-refractivity contribution in [2.45, 2.75) is 13.0 Å². The third kappa shape index (κ3) is 3.34. The van der Waals surface area contributed by atoms with Crippen molar-refractivity contribution in [3.63, 3.8) is 0 Å². The van der Waals surface area contributed by atoms with E-state index >= 15 is 0 Å². The Morgan fingerprint density at radius 2 is 2.27 bits per heavy atom. The Morgan fingerprint density at radius 3 is 2.64 bits per heavy atom. The number of hydrogen-bond acceptors (Lipinski definition) is 3. The van der Waals surface area contributed by atoms with Crippen LogP contribution in [0.5, 0.6) is 0 Å². The van der Waals surface area contributed by atoms with Gasteiger partial charge in [0.25, 0.3) is 0 Å². The van der Waals surface area contributed by atoms with Gasteiger partial charge in [0.05, 0.1) is 12.6 Å². The zero-order valence-corrected chi connectivity index (χ0v) is 7.26. The van der Waals surface area contributed by atoms with Crippen molar-refractivity contribution >= 4 is 5.91 Å². The second-order valence-electron chi connectivity index (χ2n) is 2.57. The average molecular weight is 160 g/mol. The van der Waals surface area contributed by atoms with Gasteiger partial charge in [-0.3, -0.25) is 4.79 Å². The van der Waals surface area contributed by atoms with Crippen LogP contribution in [-0.2, 0) is 9.53 Å². The van der Waals surface area contributed by atoms with Gasteiger partial charge in [-0.25, -0.2) is 0 Å². The lowest BCUT2D eigenvalue weighted by atomic mass is 10.0. The Balaban J connectivity index is 3.80. The van der Waals surface area contributed by atoms with Crippen LogP contribution in [0, 0.1) is 5.92 Å². The molecule has 66 valence electrons. The van der Waals surface area contributed by atoms with Gasteiger partial charge in [0.1, 0.15) is 0 Å². The molecule has 0 saturated carbocycles. The number of methoxy groups -OCH3 is 1. The fourth-order valence-electron chi connectivity index (χ4n) is 0.792. The van der Waals surface area contributed by atoms with Crippen LogP contribution < -0.4 is 11.1 Å². The van der Waals surface area contributed by atoms with Gasteiger partial charge < -0.3 is 15.8 Å². The summed E-state index contributed by atoms with van der Waals surface area (Å²) >= 11 is 0. The highest BCUT2D eigenvalue weighted by molar-refractivity contribution is 5.81. The first-order valence-electron chi connectivity index (χ1n) is 3.59. The average Bonchev–Trinajstić information content (AvgIpc) is 2.02. The van der Waals surface area contributed by atoms with Gasteiger partial charge in [0.15, 0.2) is 0 Å². The van der Waals surface area contributed by atoms with E-state index in [1.807, 2.05) is 6.92 Å². The maximum Gasteiger partial charge on any atom is 0.237 e. The number of amides is 1. The number of carbonyl (C=O) groups is 1. The van der Waals surface area contributed by atoms with Gasteiger partial charge in [0.2, 0.25) is 5.91 Å². The van der Waals surface area contributed by atoms with Crippen molar-refractivity contribution in [1.82, 2.24) is 5.32 Å². The van der Waals surface area contributed by atoms with Crippen LogP contribution in [0.3, 0.4) is 0 Å². The van der Waals surface area contributed by atoms with Crippen LogP contribution >= 0.6 is 0 Å². The zero-order valence-electron chi connectivity index (χ0n) is 7.26. The molecule has 3 N–H and O–H groups in total. The number of ether oxygens (including phenoxy) is 1. The molecule has 1 amide bonds. The highest BCUT2D eigenvalue weighted by Gasteiger charge is 2.18. The molecule has 0 radical (unpaired) electrons. The van der Waals surface area contributed by atoms with Gasteiger partial charge in [-0.2, -0.15) is 0 Å². The number of nitrogens with one attached hydrogen (secondary N) is 1. The summed E-state index contributed by atoms with van der Waals surface area (Å²) in [5.74, 6) is -0.0884. The molecule has 2 atom stereocenters. The summed E-state index contributed by atoms with van der Waals surface area (Å²) in [7, 11) is 3.16. The fraction of sp³-hybridized carbons (Fsp3) is 0.857. The number of likely N-dealkylation sites (N-methyl/N-ethyl adjacent to an activating group) is 1. The first-order valence-corrected chi connectivity index (χ1v) is 3.59. The van der Waals surface area contributed by atoms with E-state index in [1.54, 1.807) is 14.2 Å². The van der Waals surface area contributed by atoms with Gasteiger partial charge in [0, 0.05) is 20.1 Å². The molecule has 4 nitrogen and oxygen atoms in total. The molecule has 0 aliphatic carbocycles. The first-order chi connectivity index (χ1) is 5.13. The molecule has 0 aromatic carbocycles. The molecule has 0 aromatic heterocycles. The van der Waals surface area contributed by atoms with E-state index in [2.05, 4.69) is 5.32 Å². The molecule has 0 bridgehead atoms. The predicted octanol–water partition coefficient (Wildman–Crippen LogP) is -0.658. The lowest BCUT2D eigenvalue weighted by Gasteiger charge is -2.16. The normalized spacial score (nSPS) is 15.6. The molecule has 0 aliphatic rings. The third-order valence-electron chi connectivity index (χ3n) is 1.59. The Hall–Kier alpha value is -0.610. The van der Waals surface area contributed by atoms with E-state index in [0.29, 0.717) is 6.61 Å².